The first-order valence-electron chi connectivity index (χ1n) is 5.50. The maximum absolute atomic E-state index is 11.1. The number of nitro groups is 1. The topological polar surface area (TPSA) is 90.2 Å². The van der Waals surface area contributed by atoms with Crippen LogP contribution in [0.15, 0.2) is 30.5 Å². The summed E-state index contributed by atoms with van der Waals surface area (Å²) >= 11 is 0. The van der Waals surface area contributed by atoms with Crippen LogP contribution in [-0.2, 0) is 0 Å². The van der Waals surface area contributed by atoms with Crippen LogP contribution >= 0.6 is 0 Å². The van der Waals surface area contributed by atoms with E-state index in [0.717, 1.165) is 0 Å². The molecule has 2 aromatic heterocycles. The average Bonchev–Trinajstić information content (AvgIpc) is 2.46. The van der Waals surface area contributed by atoms with Crippen molar-refractivity contribution < 1.29 is 9.66 Å². The summed E-state index contributed by atoms with van der Waals surface area (Å²) in [5.74, 6) is 0.958. The van der Waals surface area contributed by atoms with Crippen molar-refractivity contribution >= 4 is 11.5 Å². The first-order valence-corrected chi connectivity index (χ1v) is 5.50. The minimum absolute atomic E-state index is 0.115. The van der Waals surface area contributed by atoms with Gasteiger partial charge >= 0.3 is 0 Å². The van der Waals surface area contributed by atoms with E-state index in [1.165, 1.54) is 25.4 Å². The van der Waals surface area contributed by atoms with Crippen LogP contribution in [0.1, 0.15) is 0 Å². The number of pyridine rings is 2. The highest BCUT2D eigenvalue weighted by molar-refractivity contribution is 5.72. The summed E-state index contributed by atoms with van der Waals surface area (Å²) in [6.07, 6.45) is 1.54. The number of hydrogen-bond donors (Lipinski definition) is 1. The van der Waals surface area contributed by atoms with Crippen molar-refractivity contribution in [2.75, 3.05) is 19.5 Å². The van der Waals surface area contributed by atoms with E-state index >= 15 is 0 Å². The molecule has 2 aromatic rings. The molecular weight excluding hydrogens is 248 g/mol. The molecule has 0 fully saturated rings. The van der Waals surface area contributed by atoms with Gasteiger partial charge in [0.15, 0.2) is 5.69 Å². The van der Waals surface area contributed by atoms with E-state index in [4.69, 9.17) is 4.74 Å². The molecule has 1 N–H and O–H groups in total. The Morgan fingerprint density at radius 2 is 2.11 bits per heavy atom. The van der Waals surface area contributed by atoms with Crippen molar-refractivity contribution in [3.63, 3.8) is 0 Å². The molecule has 0 spiro atoms. The number of ether oxygens (including phenoxy) is 1. The first-order chi connectivity index (χ1) is 9.17. The number of hydrogen-bond acceptors (Lipinski definition) is 6. The van der Waals surface area contributed by atoms with Gasteiger partial charge in [0.1, 0.15) is 17.3 Å². The predicted molar refractivity (Wildman–Crippen MR) is 70.2 cm³/mol. The second kappa shape index (κ2) is 5.30. The van der Waals surface area contributed by atoms with Gasteiger partial charge in [0.05, 0.1) is 12.0 Å². The smallest absolute Gasteiger partial charge is 0.297 e. The fourth-order valence-corrected chi connectivity index (χ4v) is 1.65. The normalized spacial score (nSPS) is 10.0. The Balaban J connectivity index is 2.68. The summed E-state index contributed by atoms with van der Waals surface area (Å²) < 4.78 is 5.16. The van der Waals surface area contributed by atoms with Gasteiger partial charge in [-0.15, -0.1) is 0 Å². The molecule has 2 heterocycles. The molecule has 0 amide bonds. The Kier molecular flexibility index (Phi) is 3.56. The largest absolute Gasteiger partial charge is 0.494 e. The van der Waals surface area contributed by atoms with Crippen LogP contribution < -0.4 is 10.1 Å². The maximum Gasteiger partial charge on any atom is 0.297 e. The second-order valence-corrected chi connectivity index (χ2v) is 3.63. The van der Waals surface area contributed by atoms with Crippen molar-refractivity contribution in [1.82, 2.24) is 9.97 Å². The van der Waals surface area contributed by atoms with Gasteiger partial charge in [0.2, 0.25) is 0 Å². The van der Waals surface area contributed by atoms with E-state index in [1.807, 2.05) is 0 Å². The maximum atomic E-state index is 11.1. The lowest BCUT2D eigenvalue weighted by Crippen LogP contribution is -2.01. The Morgan fingerprint density at radius 3 is 2.74 bits per heavy atom. The number of anilines is 1. The molecule has 7 nitrogen and oxygen atoms in total. The van der Waals surface area contributed by atoms with E-state index in [-0.39, 0.29) is 11.4 Å². The fraction of sp³-hybridized carbons (Fsp3) is 0.167. The molecule has 0 unspecified atom stereocenters. The Hall–Kier alpha value is -2.70. The standard InChI is InChI=1S/C12H12N4O3/c1-13-10-6-5-8(16(17)18)11(15-10)12-9(19-2)4-3-7-14-12/h3-7H,1-2H3,(H,13,15). The Bertz CT molecular complexity index is 616. The van der Waals surface area contributed by atoms with Crippen molar-refractivity contribution in [1.29, 1.82) is 0 Å². The Morgan fingerprint density at radius 1 is 1.32 bits per heavy atom. The molecule has 0 aliphatic carbocycles. The van der Waals surface area contributed by atoms with Crippen LogP contribution in [-0.4, -0.2) is 29.0 Å². The lowest BCUT2D eigenvalue weighted by Gasteiger charge is -2.08. The number of nitrogens with zero attached hydrogens (tertiary/aromatic N) is 3. The molecule has 0 aliphatic rings. The minimum Gasteiger partial charge on any atom is -0.494 e. The second-order valence-electron chi connectivity index (χ2n) is 3.63. The highest BCUT2D eigenvalue weighted by atomic mass is 16.6. The van der Waals surface area contributed by atoms with Gasteiger partial charge in [-0.05, 0) is 18.2 Å². The lowest BCUT2D eigenvalue weighted by molar-refractivity contribution is -0.384. The van der Waals surface area contributed by atoms with Crippen molar-refractivity contribution in [3.05, 3.63) is 40.6 Å². The lowest BCUT2D eigenvalue weighted by atomic mass is 10.2. The molecule has 0 radical (unpaired) electrons. The quantitative estimate of drug-likeness (QED) is 0.668. The third-order valence-corrected chi connectivity index (χ3v) is 2.54. The van der Waals surface area contributed by atoms with Crippen molar-refractivity contribution in [2.24, 2.45) is 0 Å². The molecule has 0 aliphatic heterocycles. The van der Waals surface area contributed by atoms with Gasteiger partial charge in [0, 0.05) is 19.3 Å². The third kappa shape index (κ3) is 2.44. The van der Waals surface area contributed by atoms with Gasteiger partial charge in [0.25, 0.3) is 5.69 Å². The SMILES string of the molecule is CNc1ccc([N+](=O)[O-])c(-c2ncccc2OC)n1. The minimum atomic E-state index is -0.490. The molecule has 0 bridgehead atoms. The van der Waals surface area contributed by atoms with Gasteiger partial charge < -0.3 is 10.1 Å². The zero-order valence-corrected chi connectivity index (χ0v) is 10.5. The predicted octanol–water partition coefficient (Wildman–Crippen LogP) is 2.10. The highest BCUT2D eigenvalue weighted by Crippen LogP contribution is 2.33. The summed E-state index contributed by atoms with van der Waals surface area (Å²) in [4.78, 5) is 18.9. The molecule has 2 rings (SSSR count). The van der Waals surface area contributed by atoms with Gasteiger partial charge in [-0.3, -0.25) is 15.1 Å². The monoisotopic (exact) mass is 260 g/mol. The molecule has 7 heteroatoms. The van der Waals surface area contributed by atoms with E-state index in [0.29, 0.717) is 17.3 Å². The van der Waals surface area contributed by atoms with Crippen LogP contribution in [0.5, 0.6) is 5.75 Å². The molecule has 19 heavy (non-hydrogen) atoms. The van der Waals surface area contributed by atoms with Crippen molar-refractivity contribution in [2.45, 2.75) is 0 Å². The fourth-order valence-electron chi connectivity index (χ4n) is 1.65. The van der Waals surface area contributed by atoms with Crippen molar-refractivity contribution in [3.8, 4) is 17.1 Å². The van der Waals surface area contributed by atoms with Crippen LogP contribution in [0.2, 0.25) is 0 Å². The average molecular weight is 260 g/mol. The molecule has 98 valence electrons. The van der Waals surface area contributed by atoms with Gasteiger partial charge in [-0.1, -0.05) is 0 Å². The number of aromatic nitrogens is 2. The number of methoxy groups -OCH3 is 1. The van der Waals surface area contributed by atoms with Crippen LogP contribution in [0.25, 0.3) is 11.4 Å². The number of rotatable bonds is 4. The van der Waals surface area contributed by atoms with Crippen LogP contribution in [0.3, 0.4) is 0 Å². The van der Waals surface area contributed by atoms with E-state index in [9.17, 15) is 10.1 Å². The van der Waals surface area contributed by atoms with Gasteiger partial charge in [-0.2, -0.15) is 0 Å². The zero-order chi connectivity index (χ0) is 13.8. The highest BCUT2D eigenvalue weighted by Gasteiger charge is 2.21. The third-order valence-electron chi connectivity index (χ3n) is 2.54. The summed E-state index contributed by atoms with van der Waals surface area (Å²) in [6, 6.07) is 6.30. The Labute approximate surface area is 109 Å². The van der Waals surface area contributed by atoms with E-state index in [1.54, 1.807) is 19.2 Å². The molecular formula is C12H12N4O3. The molecule has 0 saturated carbocycles. The van der Waals surface area contributed by atoms with E-state index in [2.05, 4.69) is 15.3 Å². The summed E-state index contributed by atoms with van der Waals surface area (Å²) in [6.45, 7) is 0. The molecule has 0 atom stereocenters. The van der Waals surface area contributed by atoms with E-state index < -0.39 is 4.92 Å². The summed E-state index contributed by atoms with van der Waals surface area (Å²) in [5, 5.41) is 13.9. The summed E-state index contributed by atoms with van der Waals surface area (Å²) in [7, 11) is 3.17. The summed E-state index contributed by atoms with van der Waals surface area (Å²) in [5.41, 5.74) is 0.402. The molecule has 0 saturated heterocycles. The zero-order valence-electron chi connectivity index (χ0n) is 10.5. The van der Waals surface area contributed by atoms with Crippen LogP contribution in [0.4, 0.5) is 11.5 Å². The number of nitrogens with one attached hydrogen (secondary N) is 1. The molecule has 0 aromatic carbocycles. The first kappa shape index (κ1) is 12.7. The van der Waals surface area contributed by atoms with Gasteiger partial charge in [-0.25, -0.2) is 4.98 Å². The van der Waals surface area contributed by atoms with Crippen LogP contribution in [0, 0.1) is 10.1 Å².